The zero-order valence-electron chi connectivity index (χ0n) is 20.0. The number of amides is 1. The Morgan fingerprint density at radius 1 is 0.970 bits per heavy atom. The lowest BCUT2D eigenvalue weighted by Crippen LogP contribution is -2.30. The van der Waals surface area contributed by atoms with Crippen LogP contribution in [0.25, 0.3) is 11.0 Å². The maximum absolute atomic E-state index is 12.8. The molecule has 0 aliphatic carbocycles. The topological polar surface area (TPSA) is 46.9 Å². The van der Waals surface area contributed by atoms with E-state index in [4.69, 9.17) is 4.98 Å². The van der Waals surface area contributed by atoms with Gasteiger partial charge in [-0.15, -0.1) is 0 Å². The van der Waals surface area contributed by atoms with Crippen molar-refractivity contribution in [3.63, 3.8) is 0 Å². The number of aromatic nitrogens is 2. The number of nitrogens with zero attached hydrogens (tertiary/aromatic N) is 2. The van der Waals surface area contributed by atoms with Crippen molar-refractivity contribution in [1.82, 2.24) is 14.9 Å². The quantitative estimate of drug-likeness (QED) is 0.349. The molecule has 33 heavy (non-hydrogen) atoms. The second kappa shape index (κ2) is 10.0. The van der Waals surface area contributed by atoms with Crippen molar-refractivity contribution >= 4 is 16.9 Å². The highest BCUT2D eigenvalue weighted by molar-refractivity contribution is 5.80. The fourth-order valence-electron chi connectivity index (χ4n) is 4.30. The summed E-state index contributed by atoms with van der Waals surface area (Å²) in [7, 11) is 0. The van der Waals surface area contributed by atoms with E-state index in [-0.39, 0.29) is 11.9 Å². The molecule has 1 amide bonds. The number of fused-ring (bicyclic) bond motifs is 1. The van der Waals surface area contributed by atoms with Crippen LogP contribution >= 0.6 is 0 Å². The van der Waals surface area contributed by atoms with Gasteiger partial charge in [-0.1, -0.05) is 74.5 Å². The van der Waals surface area contributed by atoms with Crippen molar-refractivity contribution in [2.75, 3.05) is 0 Å². The van der Waals surface area contributed by atoms with Gasteiger partial charge in [-0.2, -0.15) is 0 Å². The standard InChI is InChI=1S/C29H33N3O/c1-5-20(2)24-16-14-23(15-17-24)19-32-27-13-9-8-12-26(27)31-29(32)22(4)30-28(33)18-25-11-7-6-10-21(25)3/h6-17,20,22H,5,18-19H2,1-4H3,(H,30,33). The van der Waals surface area contributed by atoms with Gasteiger partial charge in [-0.3, -0.25) is 4.79 Å². The Bertz CT molecular complexity index is 1240. The molecule has 4 aromatic rings. The third-order valence-electron chi connectivity index (χ3n) is 6.56. The highest BCUT2D eigenvalue weighted by Crippen LogP contribution is 2.24. The van der Waals surface area contributed by atoms with Gasteiger partial charge in [0.15, 0.2) is 0 Å². The summed E-state index contributed by atoms with van der Waals surface area (Å²) in [6.45, 7) is 9.25. The van der Waals surface area contributed by atoms with E-state index in [1.54, 1.807) is 0 Å². The number of hydrogen-bond acceptors (Lipinski definition) is 2. The van der Waals surface area contributed by atoms with E-state index in [1.807, 2.05) is 56.3 Å². The summed E-state index contributed by atoms with van der Waals surface area (Å²) >= 11 is 0. The zero-order valence-corrected chi connectivity index (χ0v) is 20.0. The summed E-state index contributed by atoms with van der Waals surface area (Å²) in [5.74, 6) is 1.45. The van der Waals surface area contributed by atoms with E-state index in [1.165, 1.54) is 11.1 Å². The highest BCUT2D eigenvalue weighted by Gasteiger charge is 2.19. The molecule has 4 nitrogen and oxygen atoms in total. The first-order valence-electron chi connectivity index (χ1n) is 11.8. The highest BCUT2D eigenvalue weighted by atomic mass is 16.1. The molecule has 2 unspecified atom stereocenters. The van der Waals surface area contributed by atoms with Crippen molar-refractivity contribution in [2.45, 2.75) is 59.0 Å². The van der Waals surface area contributed by atoms with Crippen molar-refractivity contribution in [2.24, 2.45) is 0 Å². The molecule has 0 aliphatic heterocycles. The monoisotopic (exact) mass is 439 g/mol. The smallest absolute Gasteiger partial charge is 0.225 e. The van der Waals surface area contributed by atoms with Crippen LogP contribution in [0.2, 0.25) is 0 Å². The molecule has 1 N–H and O–H groups in total. The number of carbonyl (C=O) groups excluding carboxylic acids is 1. The SMILES string of the molecule is CCC(C)c1ccc(Cn2c(C(C)NC(=O)Cc3ccccc3C)nc3ccccc32)cc1. The fourth-order valence-corrected chi connectivity index (χ4v) is 4.30. The Hall–Kier alpha value is -3.40. The van der Waals surface area contributed by atoms with Crippen LogP contribution < -0.4 is 5.32 Å². The Morgan fingerprint density at radius 3 is 2.39 bits per heavy atom. The summed E-state index contributed by atoms with van der Waals surface area (Å²) in [4.78, 5) is 17.7. The molecule has 2 atom stereocenters. The van der Waals surface area contributed by atoms with Crippen molar-refractivity contribution < 1.29 is 4.79 Å². The second-order valence-corrected chi connectivity index (χ2v) is 8.99. The van der Waals surface area contributed by atoms with Gasteiger partial charge in [-0.05, 0) is 60.6 Å². The average molecular weight is 440 g/mol. The van der Waals surface area contributed by atoms with Gasteiger partial charge in [0.05, 0.1) is 23.5 Å². The molecular weight excluding hydrogens is 406 g/mol. The van der Waals surface area contributed by atoms with Crippen molar-refractivity contribution in [3.8, 4) is 0 Å². The van der Waals surface area contributed by atoms with E-state index in [0.29, 0.717) is 18.9 Å². The summed E-state index contributed by atoms with van der Waals surface area (Å²) in [6.07, 6.45) is 1.50. The molecule has 4 heteroatoms. The zero-order chi connectivity index (χ0) is 23.4. The van der Waals surface area contributed by atoms with Crippen LogP contribution in [0, 0.1) is 6.92 Å². The minimum absolute atomic E-state index is 0.00770. The Morgan fingerprint density at radius 2 is 1.67 bits per heavy atom. The van der Waals surface area contributed by atoms with Crippen LogP contribution in [0.1, 0.15) is 67.2 Å². The number of benzene rings is 3. The largest absolute Gasteiger partial charge is 0.346 e. The third-order valence-corrected chi connectivity index (χ3v) is 6.56. The van der Waals surface area contributed by atoms with E-state index in [9.17, 15) is 4.79 Å². The Balaban J connectivity index is 1.58. The van der Waals surface area contributed by atoms with Gasteiger partial charge in [0.2, 0.25) is 5.91 Å². The lowest BCUT2D eigenvalue weighted by Gasteiger charge is -2.17. The van der Waals surface area contributed by atoms with Crippen LogP contribution in [-0.4, -0.2) is 15.5 Å². The van der Waals surface area contributed by atoms with E-state index >= 15 is 0 Å². The average Bonchev–Trinajstić information content (AvgIpc) is 3.19. The van der Waals surface area contributed by atoms with E-state index in [0.717, 1.165) is 34.4 Å². The number of nitrogens with one attached hydrogen (secondary N) is 1. The second-order valence-electron chi connectivity index (χ2n) is 8.99. The number of imidazole rings is 1. The molecule has 0 saturated carbocycles. The predicted octanol–water partition coefficient (Wildman–Crippen LogP) is 6.33. The van der Waals surface area contributed by atoms with E-state index < -0.39 is 0 Å². The van der Waals surface area contributed by atoms with Crippen LogP contribution in [0.3, 0.4) is 0 Å². The molecule has 0 radical (unpaired) electrons. The predicted molar refractivity (Wildman–Crippen MR) is 135 cm³/mol. The van der Waals surface area contributed by atoms with Gasteiger partial charge in [0, 0.05) is 6.54 Å². The Labute approximate surface area is 196 Å². The summed E-state index contributed by atoms with van der Waals surface area (Å²) in [5, 5.41) is 3.17. The normalized spacial score (nSPS) is 13.1. The minimum atomic E-state index is -0.201. The van der Waals surface area contributed by atoms with Gasteiger partial charge < -0.3 is 9.88 Å². The maximum atomic E-state index is 12.8. The van der Waals surface area contributed by atoms with Crippen LogP contribution in [0.4, 0.5) is 0 Å². The van der Waals surface area contributed by atoms with Crippen LogP contribution in [-0.2, 0) is 17.8 Å². The molecule has 4 rings (SSSR count). The van der Waals surface area contributed by atoms with Gasteiger partial charge in [0.25, 0.3) is 0 Å². The molecule has 0 bridgehead atoms. The molecule has 0 fully saturated rings. The maximum Gasteiger partial charge on any atom is 0.225 e. The minimum Gasteiger partial charge on any atom is -0.346 e. The molecule has 170 valence electrons. The summed E-state index contributed by atoms with van der Waals surface area (Å²) in [6, 6.07) is 24.9. The molecule has 0 spiro atoms. The third kappa shape index (κ3) is 5.16. The molecule has 0 saturated heterocycles. The number of carbonyl (C=O) groups is 1. The van der Waals surface area contributed by atoms with E-state index in [2.05, 4.69) is 54.1 Å². The molecule has 3 aromatic carbocycles. The van der Waals surface area contributed by atoms with Gasteiger partial charge >= 0.3 is 0 Å². The molecular formula is C29H33N3O. The Kier molecular flexibility index (Phi) is 6.93. The van der Waals surface area contributed by atoms with Crippen molar-refractivity contribution in [1.29, 1.82) is 0 Å². The lowest BCUT2D eigenvalue weighted by molar-refractivity contribution is -0.121. The summed E-state index contributed by atoms with van der Waals surface area (Å²) < 4.78 is 2.23. The van der Waals surface area contributed by atoms with Gasteiger partial charge in [-0.25, -0.2) is 4.98 Å². The molecule has 0 aliphatic rings. The van der Waals surface area contributed by atoms with Crippen LogP contribution in [0.5, 0.6) is 0 Å². The molecule has 1 aromatic heterocycles. The number of rotatable bonds is 8. The lowest BCUT2D eigenvalue weighted by atomic mass is 9.97. The fraction of sp³-hybridized carbons (Fsp3) is 0.310. The van der Waals surface area contributed by atoms with Crippen molar-refractivity contribution in [3.05, 3.63) is 101 Å². The number of para-hydroxylation sites is 2. The molecule has 1 heterocycles. The van der Waals surface area contributed by atoms with Crippen LogP contribution in [0.15, 0.2) is 72.8 Å². The first-order valence-corrected chi connectivity index (χ1v) is 11.8. The number of aryl methyl sites for hydroxylation is 1. The van der Waals surface area contributed by atoms with Gasteiger partial charge in [0.1, 0.15) is 5.82 Å². The summed E-state index contributed by atoms with van der Waals surface area (Å²) in [5.41, 5.74) is 6.81. The first-order chi connectivity index (χ1) is 16.0. The first kappa shape index (κ1) is 22.8. The number of hydrogen-bond donors (Lipinski definition) is 1.